The van der Waals surface area contributed by atoms with Crippen LogP contribution in [0.4, 0.5) is 0 Å². The van der Waals surface area contributed by atoms with Crippen molar-refractivity contribution in [2.45, 2.75) is 25.3 Å². The molecular formula is C10H11ClIN. The van der Waals surface area contributed by atoms with E-state index in [0.717, 1.165) is 24.3 Å². The second-order valence-electron chi connectivity index (χ2n) is 3.42. The van der Waals surface area contributed by atoms with E-state index in [2.05, 4.69) is 22.6 Å². The van der Waals surface area contributed by atoms with E-state index in [1.807, 2.05) is 12.1 Å². The van der Waals surface area contributed by atoms with Crippen molar-refractivity contribution in [2.24, 2.45) is 5.73 Å². The average Bonchev–Trinajstić information content (AvgIpc) is 2.12. The Morgan fingerprint density at radius 2 is 2.23 bits per heavy atom. The van der Waals surface area contributed by atoms with E-state index in [4.69, 9.17) is 17.3 Å². The normalized spacial score (nSPS) is 21.3. The average molecular weight is 308 g/mol. The lowest BCUT2D eigenvalue weighted by molar-refractivity contribution is 0.568. The number of benzene rings is 1. The summed E-state index contributed by atoms with van der Waals surface area (Å²) >= 11 is 8.46. The van der Waals surface area contributed by atoms with Gasteiger partial charge < -0.3 is 5.73 Å². The lowest BCUT2D eigenvalue weighted by atomic mass is 9.88. The van der Waals surface area contributed by atoms with Gasteiger partial charge in [-0.3, -0.25) is 0 Å². The van der Waals surface area contributed by atoms with Crippen molar-refractivity contribution in [1.29, 1.82) is 0 Å². The molecule has 1 aliphatic carbocycles. The molecule has 1 nitrogen and oxygen atoms in total. The van der Waals surface area contributed by atoms with Crippen molar-refractivity contribution >= 4 is 34.2 Å². The molecule has 70 valence electrons. The first-order chi connectivity index (χ1) is 6.20. The van der Waals surface area contributed by atoms with Gasteiger partial charge in [0.15, 0.2) is 0 Å². The van der Waals surface area contributed by atoms with Crippen molar-refractivity contribution in [3.8, 4) is 0 Å². The second-order valence-corrected chi connectivity index (χ2v) is 4.99. The standard InChI is InChI=1S/C10H11ClIN/c11-7-4-5-8(12)10-6(7)2-1-3-9(10)13/h4-5,9H,1-3,13H2/t9-/m0/s1. The topological polar surface area (TPSA) is 26.0 Å². The third kappa shape index (κ3) is 1.72. The fourth-order valence-corrected chi connectivity index (χ4v) is 3.07. The molecule has 0 aromatic heterocycles. The van der Waals surface area contributed by atoms with Crippen molar-refractivity contribution < 1.29 is 0 Å². The molecule has 1 atom stereocenters. The summed E-state index contributed by atoms with van der Waals surface area (Å²) in [4.78, 5) is 0. The van der Waals surface area contributed by atoms with Crippen LogP contribution < -0.4 is 5.73 Å². The van der Waals surface area contributed by atoms with E-state index < -0.39 is 0 Å². The van der Waals surface area contributed by atoms with Gasteiger partial charge in [-0.1, -0.05) is 11.6 Å². The third-order valence-electron chi connectivity index (χ3n) is 2.56. The molecule has 0 heterocycles. The molecule has 0 saturated heterocycles. The van der Waals surface area contributed by atoms with Crippen LogP contribution in [0.15, 0.2) is 12.1 Å². The maximum Gasteiger partial charge on any atom is 0.0442 e. The number of rotatable bonds is 0. The minimum absolute atomic E-state index is 0.189. The molecule has 0 saturated carbocycles. The van der Waals surface area contributed by atoms with Crippen LogP contribution in [0.1, 0.15) is 30.0 Å². The molecule has 0 spiro atoms. The minimum atomic E-state index is 0.189. The molecular weight excluding hydrogens is 296 g/mol. The van der Waals surface area contributed by atoms with Crippen LogP contribution >= 0.6 is 34.2 Å². The van der Waals surface area contributed by atoms with E-state index in [1.54, 1.807) is 0 Å². The Morgan fingerprint density at radius 3 is 2.92 bits per heavy atom. The van der Waals surface area contributed by atoms with Crippen LogP contribution in [0.2, 0.25) is 5.02 Å². The summed E-state index contributed by atoms with van der Waals surface area (Å²) in [5, 5.41) is 0.880. The van der Waals surface area contributed by atoms with Crippen molar-refractivity contribution in [2.75, 3.05) is 0 Å². The molecule has 2 rings (SSSR count). The summed E-state index contributed by atoms with van der Waals surface area (Å²) in [5.41, 5.74) is 8.60. The van der Waals surface area contributed by atoms with Gasteiger partial charge in [0.1, 0.15) is 0 Å². The van der Waals surface area contributed by atoms with Crippen molar-refractivity contribution in [3.63, 3.8) is 0 Å². The van der Waals surface area contributed by atoms with E-state index in [1.165, 1.54) is 14.7 Å². The largest absolute Gasteiger partial charge is 0.324 e. The van der Waals surface area contributed by atoms with Crippen LogP contribution in [-0.2, 0) is 6.42 Å². The molecule has 0 unspecified atom stereocenters. The number of halogens is 2. The molecule has 1 aromatic rings. The Labute approximate surface area is 96.8 Å². The van der Waals surface area contributed by atoms with Crippen LogP contribution in [0.5, 0.6) is 0 Å². The van der Waals surface area contributed by atoms with E-state index in [9.17, 15) is 0 Å². The Bertz CT molecular complexity index is 338. The lowest BCUT2D eigenvalue weighted by Gasteiger charge is -2.24. The zero-order valence-electron chi connectivity index (χ0n) is 7.19. The Kier molecular flexibility index (Phi) is 2.81. The Balaban J connectivity index is 2.60. The van der Waals surface area contributed by atoms with Crippen molar-refractivity contribution in [3.05, 3.63) is 31.9 Å². The van der Waals surface area contributed by atoms with Gasteiger partial charge in [-0.15, -0.1) is 0 Å². The first kappa shape index (κ1) is 9.74. The van der Waals surface area contributed by atoms with Gasteiger partial charge >= 0.3 is 0 Å². The maximum atomic E-state index is 6.12. The quantitative estimate of drug-likeness (QED) is 0.731. The van der Waals surface area contributed by atoms with Gasteiger partial charge in [0.25, 0.3) is 0 Å². The second kappa shape index (κ2) is 3.75. The molecule has 0 amide bonds. The zero-order valence-corrected chi connectivity index (χ0v) is 10.1. The van der Waals surface area contributed by atoms with Crippen LogP contribution in [0, 0.1) is 3.57 Å². The molecule has 1 aliphatic rings. The predicted octanol–water partition coefficient (Wildman–Crippen LogP) is 3.28. The van der Waals surface area contributed by atoms with Gasteiger partial charge in [-0.05, 0) is 65.1 Å². The number of hydrogen-bond acceptors (Lipinski definition) is 1. The fourth-order valence-electron chi connectivity index (χ4n) is 1.91. The summed E-state index contributed by atoms with van der Waals surface area (Å²) in [6.45, 7) is 0. The highest BCUT2D eigenvalue weighted by Crippen LogP contribution is 2.35. The number of hydrogen-bond donors (Lipinski definition) is 1. The van der Waals surface area contributed by atoms with Gasteiger partial charge in [-0.25, -0.2) is 0 Å². The minimum Gasteiger partial charge on any atom is -0.324 e. The number of nitrogens with two attached hydrogens (primary N) is 1. The first-order valence-electron chi connectivity index (χ1n) is 4.42. The molecule has 0 aliphatic heterocycles. The highest BCUT2D eigenvalue weighted by Gasteiger charge is 2.21. The van der Waals surface area contributed by atoms with Gasteiger partial charge in [0.05, 0.1) is 0 Å². The highest BCUT2D eigenvalue weighted by atomic mass is 127. The molecule has 0 bridgehead atoms. The van der Waals surface area contributed by atoms with Crippen LogP contribution in [0.3, 0.4) is 0 Å². The molecule has 13 heavy (non-hydrogen) atoms. The molecule has 0 fully saturated rings. The summed E-state index contributed by atoms with van der Waals surface area (Å²) in [5.74, 6) is 0. The first-order valence-corrected chi connectivity index (χ1v) is 5.88. The monoisotopic (exact) mass is 307 g/mol. The Hall–Kier alpha value is 0.200. The third-order valence-corrected chi connectivity index (χ3v) is 3.85. The van der Waals surface area contributed by atoms with E-state index >= 15 is 0 Å². The summed E-state index contributed by atoms with van der Waals surface area (Å²) in [6, 6.07) is 4.21. The maximum absolute atomic E-state index is 6.12. The van der Waals surface area contributed by atoms with E-state index in [-0.39, 0.29) is 6.04 Å². The van der Waals surface area contributed by atoms with Gasteiger partial charge in [0.2, 0.25) is 0 Å². The highest BCUT2D eigenvalue weighted by molar-refractivity contribution is 14.1. The van der Waals surface area contributed by atoms with Gasteiger partial charge in [0, 0.05) is 14.6 Å². The molecule has 2 N–H and O–H groups in total. The molecule has 0 radical (unpaired) electrons. The fraction of sp³-hybridized carbons (Fsp3) is 0.400. The SMILES string of the molecule is N[C@H]1CCCc2c(Cl)ccc(I)c21. The molecule has 1 aromatic carbocycles. The van der Waals surface area contributed by atoms with Crippen LogP contribution in [-0.4, -0.2) is 0 Å². The Morgan fingerprint density at radius 1 is 1.46 bits per heavy atom. The zero-order chi connectivity index (χ0) is 9.42. The molecule has 3 heteroatoms. The predicted molar refractivity (Wildman–Crippen MR) is 64.0 cm³/mol. The lowest BCUT2D eigenvalue weighted by Crippen LogP contribution is -2.19. The summed E-state index contributed by atoms with van der Waals surface area (Å²) in [6.07, 6.45) is 3.33. The summed E-state index contributed by atoms with van der Waals surface area (Å²) in [7, 11) is 0. The van der Waals surface area contributed by atoms with Crippen LogP contribution in [0.25, 0.3) is 0 Å². The smallest absolute Gasteiger partial charge is 0.0442 e. The number of fused-ring (bicyclic) bond motifs is 1. The van der Waals surface area contributed by atoms with Crippen molar-refractivity contribution in [1.82, 2.24) is 0 Å². The van der Waals surface area contributed by atoms with Gasteiger partial charge in [-0.2, -0.15) is 0 Å². The van der Waals surface area contributed by atoms with E-state index in [0.29, 0.717) is 0 Å². The summed E-state index contributed by atoms with van der Waals surface area (Å²) < 4.78 is 1.25.